The van der Waals surface area contributed by atoms with Crippen LogP contribution in [0, 0.1) is 0 Å². The van der Waals surface area contributed by atoms with Crippen molar-refractivity contribution in [2.24, 2.45) is 0 Å². The number of hydrogen-bond donors (Lipinski definition) is 7. The van der Waals surface area contributed by atoms with E-state index in [2.05, 4.69) is 31.9 Å². The monoisotopic (exact) mass is 482 g/mol. The lowest BCUT2D eigenvalue weighted by Gasteiger charge is -2.37. The summed E-state index contributed by atoms with van der Waals surface area (Å²) in [6.07, 6.45) is 3.23. The topological polar surface area (TPSA) is 195 Å². The van der Waals surface area contributed by atoms with Gasteiger partial charge in [-0.3, -0.25) is 28.8 Å². The van der Waals surface area contributed by atoms with E-state index >= 15 is 0 Å². The highest BCUT2D eigenvalue weighted by Gasteiger charge is 2.42. The van der Waals surface area contributed by atoms with Crippen molar-refractivity contribution in [1.29, 1.82) is 0 Å². The van der Waals surface area contributed by atoms with Crippen LogP contribution in [0.2, 0.25) is 0 Å². The summed E-state index contributed by atoms with van der Waals surface area (Å²) in [5, 5.41) is 24.5. The van der Waals surface area contributed by atoms with Crippen LogP contribution in [0.4, 0.5) is 0 Å². The van der Waals surface area contributed by atoms with E-state index in [1.165, 1.54) is 0 Å². The molecule has 190 valence electrons. The van der Waals surface area contributed by atoms with Crippen LogP contribution in [0.15, 0.2) is 0 Å². The van der Waals surface area contributed by atoms with Crippen molar-refractivity contribution < 1.29 is 33.9 Å². The second kappa shape index (κ2) is 12.9. The molecule has 0 bridgehead atoms. The van der Waals surface area contributed by atoms with Crippen LogP contribution in [0.1, 0.15) is 51.4 Å². The fourth-order valence-corrected chi connectivity index (χ4v) is 4.13. The molecule has 7 N–H and O–H groups in total. The molecule has 1 heterocycles. The number of hydrogen-bond acceptors (Lipinski definition) is 7. The predicted molar refractivity (Wildman–Crippen MR) is 119 cm³/mol. The molecule has 0 aromatic carbocycles. The summed E-state index contributed by atoms with van der Waals surface area (Å²) in [5.74, 6) is -4.67. The highest BCUT2D eigenvalue weighted by atomic mass is 16.4. The second-order valence-corrected chi connectivity index (χ2v) is 8.62. The van der Waals surface area contributed by atoms with Gasteiger partial charge in [-0.25, -0.2) is 0 Å². The average molecular weight is 483 g/mol. The molecule has 1 aliphatic heterocycles. The molecule has 13 nitrogen and oxygen atoms in total. The van der Waals surface area contributed by atoms with Gasteiger partial charge in [0.15, 0.2) is 0 Å². The van der Waals surface area contributed by atoms with Crippen molar-refractivity contribution in [2.75, 3.05) is 26.7 Å². The lowest BCUT2D eigenvalue weighted by molar-refractivity contribution is -0.141. The molecule has 0 aromatic rings. The summed E-state index contributed by atoms with van der Waals surface area (Å²) in [6.45, 7) is -0.405. The largest absolute Gasteiger partial charge is 0.481 e. The molecule has 2 unspecified atom stereocenters. The lowest BCUT2D eigenvalue weighted by atomic mass is 9.80. The lowest BCUT2D eigenvalue weighted by Crippen LogP contribution is -2.63. The third-order valence-corrected chi connectivity index (χ3v) is 5.94. The highest BCUT2D eigenvalue weighted by Crippen LogP contribution is 2.28. The number of nitrogens with one attached hydrogen (secondary N) is 6. The van der Waals surface area contributed by atoms with Gasteiger partial charge in [0, 0.05) is 0 Å². The van der Waals surface area contributed by atoms with Gasteiger partial charge >= 0.3 is 5.97 Å². The van der Waals surface area contributed by atoms with Gasteiger partial charge in [0.2, 0.25) is 29.5 Å². The molecular formula is C21H34N6O7. The minimum absolute atomic E-state index is 0.297. The van der Waals surface area contributed by atoms with Crippen LogP contribution in [0.25, 0.3) is 0 Å². The molecule has 0 aromatic heterocycles. The first-order valence-electron chi connectivity index (χ1n) is 11.5. The third-order valence-electron chi connectivity index (χ3n) is 5.94. The maximum atomic E-state index is 13.2. The molecule has 1 saturated heterocycles. The fourth-order valence-electron chi connectivity index (χ4n) is 4.13. The minimum Gasteiger partial charge on any atom is -0.481 e. The molecule has 34 heavy (non-hydrogen) atoms. The van der Waals surface area contributed by atoms with Gasteiger partial charge in [0.25, 0.3) is 0 Å². The van der Waals surface area contributed by atoms with Crippen molar-refractivity contribution in [2.45, 2.75) is 69.0 Å². The predicted octanol–water partition coefficient (Wildman–Crippen LogP) is -2.50. The number of aliphatic carboxylic acids is 1. The molecule has 1 aliphatic carbocycles. The molecule has 2 atom stereocenters. The van der Waals surface area contributed by atoms with Gasteiger partial charge in [-0.2, -0.15) is 0 Å². The number of carboxylic acids is 1. The number of carbonyl (C=O) groups is 6. The summed E-state index contributed by atoms with van der Waals surface area (Å²) in [7, 11) is 1.76. The van der Waals surface area contributed by atoms with Crippen molar-refractivity contribution in [3.05, 3.63) is 0 Å². The number of rotatable bonds is 6. The Balaban J connectivity index is 2.30. The summed E-state index contributed by atoms with van der Waals surface area (Å²) in [5.41, 5.74) is -1.23. The summed E-state index contributed by atoms with van der Waals surface area (Å²) in [6, 6.07) is -2.38. The highest BCUT2D eigenvalue weighted by molar-refractivity contribution is 5.98. The quantitative estimate of drug-likeness (QED) is 0.202. The van der Waals surface area contributed by atoms with Crippen LogP contribution in [0.5, 0.6) is 0 Å². The van der Waals surface area contributed by atoms with Crippen LogP contribution >= 0.6 is 0 Å². The number of carbonyl (C=O) groups excluding carboxylic acids is 5. The number of amides is 5. The third kappa shape index (κ3) is 7.97. The Labute approximate surface area is 197 Å². The van der Waals surface area contributed by atoms with E-state index in [0.29, 0.717) is 45.1 Å². The zero-order valence-electron chi connectivity index (χ0n) is 19.3. The summed E-state index contributed by atoms with van der Waals surface area (Å²) in [4.78, 5) is 74.6. The molecule has 2 rings (SSSR count). The SMILES string of the molecule is CNCCCC1NC(=O)CNC(=O)C(CC(=O)O)NC(=O)CNC(=O)C2(CCCCC2)NC1=O. The van der Waals surface area contributed by atoms with Gasteiger partial charge < -0.3 is 37.0 Å². The van der Waals surface area contributed by atoms with Crippen molar-refractivity contribution in [3.8, 4) is 0 Å². The first-order valence-corrected chi connectivity index (χ1v) is 11.5. The molecular weight excluding hydrogens is 448 g/mol. The Morgan fingerprint density at radius 3 is 2.18 bits per heavy atom. The Morgan fingerprint density at radius 1 is 0.941 bits per heavy atom. The van der Waals surface area contributed by atoms with Crippen LogP contribution in [-0.2, 0) is 28.8 Å². The Bertz CT molecular complexity index is 796. The van der Waals surface area contributed by atoms with Crippen LogP contribution < -0.4 is 31.9 Å². The van der Waals surface area contributed by atoms with Crippen LogP contribution in [0.3, 0.4) is 0 Å². The fraction of sp³-hybridized carbons (Fsp3) is 0.714. The second-order valence-electron chi connectivity index (χ2n) is 8.62. The Kier molecular flexibility index (Phi) is 10.2. The minimum atomic E-state index is -1.44. The first-order chi connectivity index (χ1) is 16.2. The van der Waals surface area contributed by atoms with Gasteiger partial charge in [-0.15, -0.1) is 0 Å². The smallest absolute Gasteiger partial charge is 0.305 e. The van der Waals surface area contributed by atoms with E-state index in [4.69, 9.17) is 5.11 Å². The zero-order chi connectivity index (χ0) is 25.1. The summed E-state index contributed by atoms with van der Waals surface area (Å²) >= 11 is 0. The molecule has 13 heteroatoms. The standard InChI is InChI=1S/C21H34N6O7/c1-22-9-5-6-13-19(33)27-21(7-3-2-4-8-21)20(34)24-12-16(29)26-14(10-17(30)31)18(32)23-11-15(28)25-13/h13-14,22H,2-12H2,1H3,(H,23,32)(H,24,34)(H,25,28)(H,26,29)(H,27,33)(H,30,31). The maximum Gasteiger partial charge on any atom is 0.305 e. The zero-order valence-corrected chi connectivity index (χ0v) is 19.3. The van der Waals surface area contributed by atoms with E-state index in [1.807, 2.05) is 0 Å². The van der Waals surface area contributed by atoms with Gasteiger partial charge in [0.05, 0.1) is 19.5 Å². The van der Waals surface area contributed by atoms with Crippen molar-refractivity contribution in [1.82, 2.24) is 31.9 Å². The molecule has 5 amide bonds. The normalized spacial score (nSPS) is 24.6. The Morgan fingerprint density at radius 2 is 1.56 bits per heavy atom. The van der Waals surface area contributed by atoms with E-state index in [9.17, 15) is 28.8 Å². The molecule has 2 aliphatic rings. The molecule has 0 radical (unpaired) electrons. The van der Waals surface area contributed by atoms with E-state index in [0.717, 1.165) is 6.42 Å². The van der Waals surface area contributed by atoms with Gasteiger partial charge in [-0.1, -0.05) is 19.3 Å². The maximum absolute atomic E-state index is 13.2. The van der Waals surface area contributed by atoms with Crippen molar-refractivity contribution >= 4 is 35.5 Å². The number of carboxylic acid groups (broad SMARTS) is 1. The van der Waals surface area contributed by atoms with E-state index < -0.39 is 72.6 Å². The van der Waals surface area contributed by atoms with Crippen molar-refractivity contribution in [3.63, 3.8) is 0 Å². The molecule has 1 spiro atoms. The van der Waals surface area contributed by atoms with Gasteiger partial charge in [0.1, 0.15) is 17.6 Å². The molecule has 1 saturated carbocycles. The van der Waals surface area contributed by atoms with Gasteiger partial charge in [-0.05, 0) is 39.3 Å². The Hall–Kier alpha value is -3.22. The van der Waals surface area contributed by atoms with E-state index in [-0.39, 0.29) is 0 Å². The van der Waals surface area contributed by atoms with E-state index in [1.54, 1.807) is 7.05 Å². The molecule has 2 fully saturated rings. The van der Waals surface area contributed by atoms with Crippen LogP contribution in [-0.4, -0.2) is 84.9 Å². The first kappa shape index (κ1) is 27.0. The average Bonchev–Trinajstić information content (AvgIpc) is 2.79. The summed E-state index contributed by atoms with van der Waals surface area (Å²) < 4.78 is 0.